The molecule has 1 aliphatic heterocycles. The SMILES string of the molecule is O=CNC1NCN(/C(=N/OC2C=CCC2)C(=O)O)S1. The number of hydrogen-bond acceptors (Lipinski definition) is 6. The molecule has 8 nitrogen and oxygen atoms in total. The first-order valence-electron chi connectivity index (χ1n) is 5.72. The maximum atomic E-state index is 11.2. The zero-order valence-electron chi connectivity index (χ0n) is 9.98. The summed E-state index contributed by atoms with van der Waals surface area (Å²) in [6, 6.07) is 0. The summed E-state index contributed by atoms with van der Waals surface area (Å²) >= 11 is 1.12. The van der Waals surface area contributed by atoms with Crippen LogP contribution in [0.25, 0.3) is 0 Å². The summed E-state index contributed by atoms with van der Waals surface area (Å²) in [5, 5.41) is 18.2. The fraction of sp³-hybridized carbons (Fsp3) is 0.500. The second kappa shape index (κ2) is 6.43. The Morgan fingerprint density at radius 1 is 1.68 bits per heavy atom. The van der Waals surface area contributed by atoms with Crippen LogP contribution in [0.4, 0.5) is 0 Å². The molecule has 2 aliphatic rings. The average molecular weight is 286 g/mol. The fourth-order valence-electron chi connectivity index (χ4n) is 1.64. The van der Waals surface area contributed by atoms with Crippen LogP contribution in [0.15, 0.2) is 17.3 Å². The Labute approximate surface area is 114 Å². The molecule has 0 saturated carbocycles. The Morgan fingerprint density at radius 2 is 2.53 bits per heavy atom. The summed E-state index contributed by atoms with van der Waals surface area (Å²) in [6.45, 7) is 0.255. The minimum absolute atomic E-state index is 0.168. The number of carbonyl (C=O) groups is 2. The van der Waals surface area contributed by atoms with Crippen LogP contribution in [0.1, 0.15) is 12.8 Å². The molecule has 1 heterocycles. The van der Waals surface area contributed by atoms with Crippen molar-refractivity contribution in [3.05, 3.63) is 12.2 Å². The third-order valence-corrected chi connectivity index (χ3v) is 3.61. The molecule has 104 valence electrons. The third kappa shape index (κ3) is 3.61. The van der Waals surface area contributed by atoms with Crippen molar-refractivity contribution in [2.24, 2.45) is 5.16 Å². The smallest absolute Gasteiger partial charge is 0.376 e. The summed E-state index contributed by atoms with van der Waals surface area (Å²) in [4.78, 5) is 26.6. The zero-order chi connectivity index (χ0) is 13.7. The molecule has 1 saturated heterocycles. The van der Waals surface area contributed by atoms with Crippen LogP contribution in [-0.4, -0.2) is 45.9 Å². The number of carboxylic acid groups (broad SMARTS) is 1. The Morgan fingerprint density at radius 3 is 3.16 bits per heavy atom. The van der Waals surface area contributed by atoms with Crippen molar-refractivity contribution >= 4 is 30.2 Å². The number of carbonyl (C=O) groups excluding carboxylic acids is 1. The van der Waals surface area contributed by atoms with E-state index in [0.717, 1.165) is 24.8 Å². The van der Waals surface area contributed by atoms with Gasteiger partial charge in [0, 0.05) is 0 Å². The topological polar surface area (TPSA) is 103 Å². The predicted molar refractivity (Wildman–Crippen MR) is 68.7 cm³/mol. The number of aliphatic carboxylic acids is 1. The molecular weight excluding hydrogens is 272 g/mol. The fourth-order valence-corrected chi connectivity index (χ4v) is 2.53. The summed E-state index contributed by atoms with van der Waals surface area (Å²) in [6.07, 6.45) is 5.92. The second-order valence-electron chi connectivity index (χ2n) is 3.88. The number of nitrogens with one attached hydrogen (secondary N) is 2. The van der Waals surface area contributed by atoms with Gasteiger partial charge < -0.3 is 15.3 Å². The number of allylic oxidation sites excluding steroid dienone is 1. The molecule has 1 aliphatic carbocycles. The first-order valence-corrected chi connectivity index (χ1v) is 6.55. The number of amides is 1. The van der Waals surface area contributed by atoms with Crippen molar-refractivity contribution in [3.8, 4) is 0 Å². The quantitative estimate of drug-likeness (QED) is 0.162. The van der Waals surface area contributed by atoms with Gasteiger partial charge >= 0.3 is 5.97 Å². The molecule has 2 atom stereocenters. The number of rotatable bonds is 4. The number of oxime groups is 1. The largest absolute Gasteiger partial charge is 0.475 e. The Hall–Kier alpha value is -1.74. The van der Waals surface area contributed by atoms with Gasteiger partial charge in [0.2, 0.25) is 6.41 Å². The van der Waals surface area contributed by atoms with Gasteiger partial charge in [0.25, 0.3) is 5.84 Å². The van der Waals surface area contributed by atoms with Gasteiger partial charge in [-0.1, -0.05) is 11.2 Å². The van der Waals surface area contributed by atoms with Gasteiger partial charge in [-0.25, -0.2) is 4.79 Å². The number of nitrogens with zero attached hydrogens (tertiary/aromatic N) is 2. The molecule has 1 amide bonds. The van der Waals surface area contributed by atoms with E-state index in [-0.39, 0.29) is 24.1 Å². The number of hydrogen-bond donors (Lipinski definition) is 3. The number of carboxylic acids is 1. The van der Waals surface area contributed by atoms with E-state index in [1.165, 1.54) is 4.31 Å². The minimum Gasteiger partial charge on any atom is -0.475 e. The summed E-state index contributed by atoms with van der Waals surface area (Å²) in [5.74, 6) is -1.38. The highest BCUT2D eigenvalue weighted by molar-refractivity contribution is 7.98. The van der Waals surface area contributed by atoms with Crippen molar-refractivity contribution in [2.45, 2.75) is 24.4 Å². The highest BCUT2D eigenvalue weighted by Gasteiger charge is 2.30. The molecule has 0 aromatic rings. The molecule has 0 bridgehead atoms. The van der Waals surface area contributed by atoms with Crippen LogP contribution >= 0.6 is 11.9 Å². The van der Waals surface area contributed by atoms with Gasteiger partial charge in [-0.3, -0.25) is 14.4 Å². The standard InChI is InChI=1S/C10H14N4O4S/c15-6-12-10-11-5-14(19-10)8(9(16)17)13-18-7-3-1-2-4-7/h1,3,6-7,10-11H,2,4-5H2,(H,12,15)(H,16,17)/b13-8+. The lowest BCUT2D eigenvalue weighted by Gasteiger charge is -2.15. The summed E-state index contributed by atoms with van der Waals surface area (Å²) in [7, 11) is 0. The lowest BCUT2D eigenvalue weighted by atomic mass is 10.3. The maximum absolute atomic E-state index is 11.2. The lowest BCUT2D eigenvalue weighted by molar-refractivity contribution is -0.130. The van der Waals surface area contributed by atoms with E-state index in [1.54, 1.807) is 0 Å². The Bertz CT molecular complexity index is 414. The van der Waals surface area contributed by atoms with E-state index in [9.17, 15) is 9.59 Å². The van der Waals surface area contributed by atoms with Gasteiger partial charge in [0.05, 0.1) is 6.67 Å². The predicted octanol–water partition coefficient (Wildman–Crippen LogP) is -0.340. The molecule has 0 aromatic heterocycles. The van der Waals surface area contributed by atoms with Crippen LogP contribution in [0, 0.1) is 0 Å². The van der Waals surface area contributed by atoms with Crippen molar-refractivity contribution in [2.75, 3.05) is 6.67 Å². The van der Waals surface area contributed by atoms with Crippen LogP contribution < -0.4 is 10.6 Å². The van der Waals surface area contributed by atoms with E-state index < -0.39 is 5.97 Å². The Kier molecular flexibility index (Phi) is 4.63. The Balaban J connectivity index is 1.95. The minimum atomic E-state index is -1.18. The monoisotopic (exact) mass is 286 g/mol. The van der Waals surface area contributed by atoms with E-state index in [0.29, 0.717) is 6.41 Å². The summed E-state index contributed by atoms with van der Waals surface area (Å²) < 4.78 is 1.42. The molecule has 9 heteroatoms. The van der Waals surface area contributed by atoms with E-state index >= 15 is 0 Å². The zero-order valence-corrected chi connectivity index (χ0v) is 10.8. The molecule has 2 rings (SSSR count). The molecule has 0 spiro atoms. The van der Waals surface area contributed by atoms with Crippen LogP contribution in [0.2, 0.25) is 0 Å². The number of amidine groups is 1. The highest BCUT2D eigenvalue weighted by Crippen LogP contribution is 2.20. The normalized spacial score (nSPS) is 26.5. The van der Waals surface area contributed by atoms with Crippen molar-refractivity contribution < 1.29 is 19.5 Å². The van der Waals surface area contributed by atoms with Crippen molar-refractivity contribution in [3.63, 3.8) is 0 Å². The van der Waals surface area contributed by atoms with E-state index in [4.69, 9.17) is 9.94 Å². The van der Waals surface area contributed by atoms with Crippen molar-refractivity contribution in [1.29, 1.82) is 0 Å². The molecule has 19 heavy (non-hydrogen) atoms. The van der Waals surface area contributed by atoms with E-state index in [1.807, 2.05) is 12.2 Å². The molecular formula is C10H14N4O4S. The van der Waals surface area contributed by atoms with Crippen molar-refractivity contribution in [1.82, 2.24) is 14.9 Å². The van der Waals surface area contributed by atoms with Crippen LogP contribution in [0.3, 0.4) is 0 Å². The maximum Gasteiger partial charge on any atom is 0.376 e. The molecule has 0 aromatic carbocycles. The lowest BCUT2D eigenvalue weighted by Crippen LogP contribution is -2.35. The van der Waals surface area contributed by atoms with Gasteiger partial charge in [0.1, 0.15) is 11.6 Å². The molecule has 3 N–H and O–H groups in total. The summed E-state index contributed by atoms with van der Waals surface area (Å²) in [5.41, 5.74) is -0.367. The van der Waals surface area contributed by atoms with E-state index in [2.05, 4.69) is 15.8 Å². The average Bonchev–Trinajstić information content (AvgIpc) is 3.01. The first-order chi connectivity index (χ1) is 9.20. The molecule has 0 radical (unpaired) electrons. The highest BCUT2D eigenvalue weighted by atomic mass is 32.2. The van der Waals surface area contributed by atoms with Crippen LogP contribution in [0.5, 0.6) is 0 Å². The van der Waals surface area contributed by atoms with Crippen LogP contribution in [-0.2, 0) is 14.4 Å². The van der Waals surface area contributed by atoms with Gasteiger partial charge in [-0.2, -0.15) is 0 Å². The molecule has 1 fully saturated rings. The van der Waals surface area contributed by atoms with Gasteiger partial charge in [0.15, 0.2) is 0 Å². The second-order valence-corrected chi connectivity index (χ2v) is 5.00. The molecule has 2 unspecified atom stereocenters. The van der Waals surface area contributed by atoms with Gasteiger partial charge in [-0.15, -0.1) is 0 Å². The first kappa shape index (κ1) is 13.7. The van der Waals surface area contributed by atoms with Gasteiger partial charge in [-0.05, 0) is 30.9 Å². The third-order valence-electron chi connectivity index (χ3n) is 2.54.